The Hall–Kier alpha value is -8.24. The first kappa shape index (κ1) is 37.3. The van der Waals surface area contributed by atoms with Crippen LogP contribution in [0.4, 0.5) is 17.1 Å². The van der Waals surface area contributed by atoms with Crippen LogP contribution in [0, 0.1) is 0 Å². The lowest BCUT2D eigenvalue weighted by atomic mass is 9.91. The number of para-hydroxylation sites is 2. The van der Waals surface area contributed by atoms with Crippen molar-refractivity contribution in [2.24, 2.45) is 0 Å². The van der Waals surface area contributed by atoms with Gasteiger partial charge in [0.2, 0.25) is 0 Å². The Balaban J connectivity index is 1.03. The Morgan fingerprint density at radius 1 is 0.338 bits per heavy atom. The molecule has 304 valence electrons. The van der Waals surface area contributed by atoms with E-state index in [1.54, 1.807) is 0 Å². The van der Waals surface area contributed by atoms with Crippen molar-refractivity contribution in [2.45, 2.75) is 0 Å². The second-order valence-electron chi connectivity index (χ2n) is 16.8. The first-order chi connectivity index (χ1) is 32.2. The summed E-state index contributed by atoms with van der Waals surface area (Å²) >= 11 is 1.87. The fourth-order valence-corrected chi connectivity index (χ4v) is 11.3. The molecular weight excluding hydrogens is 805 g/mol. The quantitative estimate of drug-likeness (QED) is 0.155. The van der Waals surface area contributed by atoms with Crippen molar-refractivity contribution >= 4 is 91.9 Å². The first-order valence-electron chi connectivity index (χ1n) is 22.2. The van der Waals surface area contributed by atoms with Crippen LogP contribution in [0.5, 0.6) is 0 Å². The molecule has 0 fully saturated rings. The van der Waals surface area contributed by atoms with E-state index in [0.29, 0.717) is 0 Å². The molecular formula is C62H40N2S. The number of hydrogen-bond donors (Lipinski definition) is 0. The molecule has 0 unspecified atom stereocenters. The second-order valence-corrected chi connectivity index (χ2v) is 17.9. The lowest BCUT2D eigenvalue weighted by Gasteiger charge is -2.28. The van der Waals surface area contributed by atoms with Gasteiger partial charge in [0.1, 0.15) is 0 Å². The SMILES string of the molecule is c1ccc(-c2cccc3cccc(-c4ccc(N(c5ccc(-c6ccc7c(c6)sc6ccccc67)cc5)c5cc6ccccc6c6c7ccccc7n(-c7ccccc7)c56)cc4)c23)cc1. The van der Waals surface area contributed by atoms with Crippen molar-refractivity contribution in [3.8, 4) is 39.1 Å². The molecule has 0 radical (unpaired) electrons. The Morgan fingerprint density at radius 2 is 0.892 bits per heavy atom. The van der Waals surface area contributed by atoms with Crippen LogP contribution in [0.15, 0.2) is 243 Å². The highest BCUT2D eigenvalue weighted by atomic mass is 32.1. The molecule has 2 heterocycles. The van der Waals surface area contributed by atoms with Crippen LogP contribution in [-0.2, 0) is 0 Å². The van der Waals surface area contributed by atoms with Gasteiger partial charge in [0.05, 0.1) is 16.7 Å². The van der Waals surface area contributed by atoms with Crippen molar-refractivity contribution in [1.29, 1.82) is 0 Å². The molecule has 13 aromatic rings. The Bertz CT molecular complexity index is 3910. The fourth-order valence-electron chi connectivity index (χ4n) is 10.2. The summed E-state index contributed by atoms with van der Waals surface area (Å²) in [4.78, 5) is 2.47. The van der Waals surface area contributed by atoms with Crippen LogP contribution >= 0.6 is 11.3 Å². The zero-order valence-electron chi connectivity index (χ0n) is 35.4. The highest BCUT2D eigenvalue weighted by Crippen LogP contribution is 2.48. The van der Waals surface area contributed by atoms with Crippen molar-refractivity contribution in [3.63, 3.8) is 0 Å². The van der Waals surface area contributed by atoms with Crippen molar-refractivity contribution in [2.75, 3.05) is 4.90 Å². The molecule has 0 amide bonds. The first-order valence-corrected chi connectivity index (χ1v) is 23.1. The van der Waals surface area contributed by atoms with Gasteiger partial charge in [-0.3, -0.25) is 0 Å². The van der Waals surface area contributed by atoms with Gasteiger partial charge in [0.25, 0.3) is 0 Å². The third-order valence-electron chi connectivity index (χ3n) is 13.2. The summed E-state index contributed by atoms with van der Waals surface area (Å²) in [6.07, 6.45) is 0. The third kappa shape index (κ3) is 6.16. The minimum Gasteiger partial charge on any atom is -0.308 e. The van der Waals surface area contributed by atoms with Gasteiger partial charge in [0, 0.05) is 48.0 Å². The van der Waals surface area contributed by atoms with Gasteiger partial charge in [-0.2, -0.15) is 0 Å². The molecule has 0 spiro atoms. The average Bonchev–Trinajstić information content (AvgIpc) is 3.93. The maximum atomic E-state index is 2.47. The number of anilines is 3. The summed E-state index contributed by atoms with van der Waals surface area (Å²) in [5.74, 6) is 0. The molecule has 0 aliphatic heterocycles. The van der Waals surface area contributed by atoms with E-state index < -0.39 is 0 Å². The molecule has 65 heavy (non-hydrogen) atoms. The number of aromatic nitrogens is 1. The predicted octanol–water partition coefficient (Wildman–Crippen LogP) is 17.9. The van der Waals surface area contributed by atoms with Gasteiger partial charge in [-0.25, -0.2) is 0 Å². The molecule has 0 aliphatic carbocycles. The molecule has 11 aromatic carbocycles. The summed E-state index contributed by atoms with van der Waals surface area (Å²) in [5, 5.41) is 10.0. The number of thiophene rings is 1. The maximum absolute atomic E-state index is 2.47. The Labute approximate surface area is 381 Å². The summed E-state index contributed by atoms with van der Waals surface area (Å²) in [5.41, 5.74) is 14.0. The monoisotopic (exact) mass is 844 g/mol. The summed E-state index contributed by atoms with van der Waals surface area (Å²) in [6, 6.07) is 89.0. The van der Waals surface area contributed by atoms with E-state index in [0.717, 1.165) is 22.7 Å². The number of benzene rings is 11. The van der Waals surface area contributed by atoms with Gasteiger partial charge in [-0.1, -0.05) is 182 Å². The predicted molar refractivity (Wildman–Crippen MR) is 280 cm³/mol. The minimum atomic E-state index is 1.08. The Kier molecular flexibility index (Phi) is 8.75. The van der Waals surface area contributed by atoms with Crippen molar-refractivity contribution in [3.05, 3.63) is 243 Å². The van der Waals surface area contributed by atoms with E-state index in [9.17, 15) is 0 Å². The van der Waals surface area contributed by atoms with Gasteiger partial charge in [-0.15, -0.1) is 11.3 Å². The van der Waals surface area contributed by atoms with E-state index >= 15 is 0 Å². The molecule has 3 heteroatoms. The molecule has 0 saturated heterocycles. The van der Waals surface area contributed by atoms with Crippen LogP contribution in [0.2, 0.25) is 0 Å². The molecule has 0 atom stereocenters. The summed E-state index contributed by atoms with van der Waals surface area (Å²) in [6.45, 7) is 0. The van der Waals surface area contributed by atoms with Crippen LogP contribution in [0.1, 0.15) is 0 Å². The van der Waals surface area contributed by atoms with Crippen LogP contribution in [0.3, 0.4) is 0 Å². The molecule has 2 aromatic heterocycles. The number of rotatable bonds is 7. The summed E-state index contributed by atoms with van der Waals surface area (Å²) in [7, 11) is 0. The standard InChI is InChI=1S/C62H40N2S/c1-3-15-42(16-4-1)50-25-13-18-44-19-14-26-51(60(44)50)43-31-36-49(37-32-43)63(48-34-29-41(30-35-48)45-33-38-54-53-23-10-12-28-58(53)65-59(54)40-45)57-39-46-17-7-8-22-52(46)61-55-24-9-11-27-56(55)64(62(57)61)47-20-5-2-6-21-47/h1-40H. The van der Waals surface area contributed by atoms with E-state index in [4.69, 9.17) is 0 Å². The molecule has 0 bridgehead atoms. The molecule has 13 rings (SSSR count). The van der Waals surface area contributed by atoms with Crippen LogP contribution in [-0.4, -0.2) is 4.57 Å². The number of hydrogen-bond acceptors (Lipinski definition) is 2. The second kappa shape index (κ2) is 15.2. The highest BCUT2D eigenvalue weighted by molar-refractivity contribution is 7.25. The smallest absolute Gasteiger partial charge is 0.0788 e. The van der Waals surface area contributed by atoms with Gasteiger partial charge >= 0.3 is 0 Å². The Morgan fingerprint density at radius 3 is 1.63 bits per heavy atom. The zero-order chi connectivity index (χ0) is 42.8. The van der Waals surface area contributed by atoms with Crippen LogP contribution in [0.25, 0.3) is 103 Å². The number of nitrogens with zero attached hydrogens (tertiary/aromatic N) is 2. The number of fused-ring (bicyclic) bond motifs is 9. The van der Waals surface area contributed by atoms with E-state index in [-0.39, 0.29) is 0 Å². The van der Waals surface area contributed by atoms with Gasteiger partial charge in [0.15, 0.2) is 0 Å². The van der Waals surface area contributed by atoms with Gasteiger partial charge < -0.3 is 9.47 Å². The largest absolute Gasteiger partial charge is 0.308 e. The zero-order valence-corrected chi connectivity index (χ0v) is 36.2. The third-order valence-corrected chi connectivity index (χ3v) is 14.3. The lowest BCUT2D eigenvalue weighted by molar-refractivity contribution is 1.17. The fraction of sp³-hybridized carbons (Fsp3) is 0. The maximum Gasteiger partial charge on any atom is 0.0788 e. The molecule has 0 aliphatic rings. The van der Waals surface area contributed by atoms with E-state index in [1.165, 1.54) is 96.9 Å². The lowest BCUT2D eigenvalue weighted by Crippen LogP contribution is -2.12. The molecule has 0 saturated carbocycles. The normalized spacial score (nSPS) is 11.7. The summed E-state index contributed by atoms with van der Waals surface area (Å²) < 4.78 is 5.09. The van der Waals surface area contributed by atoms with Crippen molar-refractivity contribution in [1.82, 2.24) is 4.57 Å². The van der Waals surface area contributed by atoms with Crippen LogP contribution < -0.4 is 4.90 Å². The average molecular weight is 845 g/mol. The highest BCUT2D eigenvalue weighted by Gasteiger charge is 2.24. The topological polar surface area (TPSA) is 8.17 Å². The van der Waals surface area contributed by atoms with Crippen molar-refractivity contribution < 1.29 is 0 Å². The molecule has 2 nitrogen and oxygen atoms in total. The van der Waals surface area contributed by atoms with E-state index in [2.05, 4.69) is 252 Å². The molecule has 0 N–H and O–H groups in total. The minimum absolute atomic E-state index is 1.08. The van der Waals surface area contributed by atoms with E-state index in [1.807, 2.05) is 11.3 Å². The van der Waals surface area contributed by atoms with Gasteiger partial charge in [-0.05, 0) is 116 Å².